The monoisotopic (exact) mass is 371 g/mol. The fourth-order valence-corrected chi connectivity index (χ4v) is 4.24. The molecule has 1 aromatic heterocycles. The summed E-state index contributed by atoms with van der Waals surface area (Å²) in [5.41, 5.74) is 1.40. The van der Waals surface area contributed by atoms with Gasteiger partial charge in [0.2, 0.25) is 0 Å². The van der Waals surface area contributed by atoms with Gasteiger partial charge in [-0.1, -0.05) is 0 Å². The molecule has 2 aromatic rings. The van der Waals surface area contributed by atoms with Crippen LogP contribution in [0.4, 0.5) is 14.6 Å². The Hall–Kier alpha value is -2.33. The van der Waals surface area contributed by atoms with Crippen molar-refractivity contribution >= 4 is 16.7 Å². The Balaban J connectivity index is 1.39. The molecule has 1 saturated carbocycles. The highest BCUT2D eigenvalue weighted by molar-refractivity contribution is 5.89. The molecule has 2 aliphatic rings. The maximum absolute atomic E-state index is 13.4. The van der Waals surface area contributed by atoms with Gasteiger partial charge in [-0.25, -0.2) is 18.7 Å². The van der Waals surface area contributed by atoms with Crippen molar-refractivity contribution in [1.29, 1.82) is 5.26 Å². The van der Waals surface area contributed by atoms with Crippen LogP contribution in [0.1, 0.15) is 44.1 Å². The van der Waals surface area contributed by atoms with Crippen LogP contribution in [0.25, 0.3) is 10.9 Å². The van der Waals surface area contributed by atoms with Gasteiger partial charge in [-0.3, -0.25) is 4.90 Å². The number of hydrogen-bond donors (Lipinski definition) is 1. The van der Waals surface area contributed by atoms with Crippen LogP contribution in [0.2, 0.25) is 0 Å². The largest absolute Gasteiger partial charge is 0.367 e. The lowest BCUT2D eigenvalue weighted by Crippen LogP contribution is -2.47. The van der Waals surface area contributed by atoms with E-state index in [2.05, 4.69) is 26.3 Å². The van der Waals surface area contributed by atoms with E-state index in [1.54, 1.807) is 6.07 Å². The normalized spacial score (nSPS) is 25.8. The van der Waals surface area contributed by atoms with E-state index in [4.69, 9.17) is 5.26 Å². The van der Waals surface area contributed by atoms with Crippen LogP contribution >= 0.6 is 0 Å². The van der Waals surface area contributed by atoms with Crippen molar-refractivity contribution in [2.24, 2.45) is 0 Å². The van der Waals surface area contributed by atoms with Crippen molar-refractivity contribution in [2.75, 3.05) is 18.4 Å². The van der Waals surface area contributed by atoms with Crippen LogP contribution < -0.4 is 5.32 Å². The Morgan fingerprint density at radius 3 is 2.56 bits per heavy atom. The third-order valence-corrected chi connectivity index (χ3v) is 5.85. The van der Waals surface area contributed by atoms with Crippen LogP contribution in [0.5, 0.6) is 0 Å². The molecule has 0 bridgehead atoms. The lowest BCUT2D eigenvalue weighted by molar-refractivity contribution is -0.0657. The predicted octanol–water partition coefficient (Wildman–Crippen LogP) is 3.96. The van der Waals surface area contributed by atoms with E-state index in [-0.39, 0.29) is 12.8 Å². The second-order valence-corrected chi connectivity index (χ2v) is 7.61. The Morgan fingerprint density at radius 2 is 1.85 bits per heavy atom. The summed E-state index contributed by atoms with van der Waals surface area (Å²) >= 11 is 0. The number of piperidine rings is 1. The SMILES string of the molecule is N#Cc1ccc2ncnc(NC3CCC(N4CCC(F)(F)CC4)CC3)c2c1. The molecule has 0 atom stereocenters. The van der Waals surface area contributed by atoms with E-state index in [1.165, 1.54) is 6.33 Å². The first-order valence-electron chi connectivity index (χ1n) is 9.57. The molecule has 5 nitrogen and oxygen atoms in total. The number of likely N-dealkylation sites (tertiary alicyclic amines) is 1. The molecular formula is C20H23F2N5. The number of rotatable bonds is 3. The van der Waals surface area contributed by atoms with Gasteiger partial charge in [0.25, 0.3) is 5.92 Å². The molecule has 0 unspecified atom stereocenters. The second-order valence-electron chi connectivity index (χ2n) is 7.61. The number of nitrogens with one attached hydrogen (secondary N) is 1. The summed E-state index contributed by atoms with van der Waals surface area (Å²) < 4.78 is 26.7. The number of aromatic nitrogens is 2. The summed E-state index contributed by atoms with van der Waals surface area (Å²) in [6.45, 7) is 1.01. The van der Waals surface area contributed by atoms with Gasteiger partial charge in [-0.05, 0) is 43.9 Å². The van der Waals surface area contributed by atoms with Crippen LogP contribution in [-0.4, -0.2) is 46.0 Å². The van der Waals surface area contributed by atoms with Crippen LogP contribution in [-0.2, 0) is 0 Å². The molecule has 2 fully saturated rings. The molecule has 27 heavy (non-hydrogen) atoms. The van der Waals surface area contributed by atoms with E-state index >= 15 is 0 Å². The Kier molecular flexibility index (Phi) is 4.92. The van der Waals surface area contributed by atoms with Gasteiger partial charge in [0, 0.05) is 43.4 Å². The van der Waals surface area contributed by atoms with Gasteiger partial charge < -0.3 is 5.32 Å². The average Bonchev–Trinajstić information content (AvgIpc) is 2.69. The molecule has 1 aliphatic carbocycles. The minimum atomic E-state index is -2.48. The fraction of sp³-hybridized carbons (Fsp3) is 0.550. The van der Waals surface area contributed by atoms with Crippen LogP contribution in [0, 0.1) is 11.3 Å². The van der Waals surface area contributed by atoms with E-state index in [0.717, 1.165) is 42.4 Å². The first-order chi connectivity index (χ1) is 13.0. The van der Waals surface area contributed by atoms with Crippen molar-refractivity contribution in [3.63, 3.8) is 0 Å². The molecule has 1 N–H and O–H groups in total. The van der Waals surface area contributed by atoms with Gasteiger partial charge >= 0.3 is 0 Å². The molecule has 142 valence electrons. The Bertz CT molecular complexity index is 845. The number of nitrogens with zero attached hydrogens (tertiary/aromatic N) is 4. The number of benzene rings is 1. The van der Waals surface area contributed by atoms with Crippen LogP contribution in [0.15, 0.2) is 24.5 Å². The number of halogens is 2. The molecule has 2 heterocycles. The van der Waals surface area contributed by atoms with Crippen molar-refractivity contribution in [3.05, 3.63) is 30.1 Å². The Labute approximate surface area is 157 Å². The topological polar surface area (TPSA) is 64.8 Å². The number of anilines is 1. The smallest absolute Gasteiger partial charge is 0.250 e. The zero-order chi connectivity index (χ0) is 18.9. The molecule has 1 aromatic carbocycles. The third-order valence-electron chi connectivity index (χ3n) is 5.85. The zero-order valence-corrected chi connectivity index (χ0v) is 15.2. The summed E-state index contributed by atoms with van der Waals surface area (Å²) in [6, 6.07) is 8.28. The third kappa shape index (κ3) is 4.01. The maximum Gasteiger partial charge on any atom is 0.250 e. The number of alkyl halides is 2. The molecule has 4 rings (SSSR count). The minimum Gasteiger partial charge on any atom is -0.367 e. The van der Waals surface area contributed by atoms with Gasteiger partial charge in [-0.15, -0.1) is 0 Å². The minimum absolute atomic E-state index is 0.0146. The Morgan fingerprint density at radius 1 is 1.11 bits per heavy atom. The first-order valence-corrected chi connectivity index (χ1v) is 9.57. The van der Waals surface area contributed by atoms with Crippen molar-refractivity contribution in [1.82, 2.24) is 14.9 Å². The van der Waals surface area contributed by atoms with Gasteiger partial charge in [-0.2, -0.15) is 5.26 Å². The standard InChI is InChI=1S/C20H23F2N5/c21-20(22)7-9-27(10-8-20)16-4-2-15(3-5-16)26-19-17-11-14(12-23)1-6-18(17)24-13-25-19/h1,6,11,13,15-16H,2-5,7-10H2,(H,24,25,26). The van der Waals surface area contributed by atoms with Crippen molar-refractivity contribution in [3.8, 4) is 6.07 Å². The van der Waals surface area contributed by atoms with Crippen molar-refractivity contribution < 1.29 is 8.78 Å². The highest BCUT2D eigenvalue weighted by Crippen LogP contribution is 2.33. The first kappa shape index (κ1) is 18.1. The summed E-state index contributed by atoms with van der Waals surface area (Å²) in [5, 5.41) is 13.5. The summed E-state index contributed by atoms with van der Waals surface area (Å²) in [4.78, 5) is 10.9. The fourth-order valence-electron chi connectivity index (χ4n) is 4.24. The maximum atomic E-state index is 13.4. The lowest BCUT2D eigenvalue weighted by Gasteiger charge is -2.40. The lowest BCUT2D eigenvalue weighted by atomic mass is 9.88. The van der Waals surface area contributed by atoms with E-state index in [1.807, 2.05) is 12.1 Å². The zero-order valence-electron chi connectivity index (χ0n) is 15.2. The van der Waals surface area contributed by atoms with Gasteiger partial charge in [0.15, 0.2) is 0 Å². The van der Waals surface area contributed by atoms with E-state index in [9.17, 15) is 8.78 Å². The molecule has 0 spiro atoms. The molecule has 0 radical (unpaired) electrons. The summed E-state index contributed by atoms with van der Waals surface area (Å²) in [5.74, 6) is -1.72. The highest BCUT2D eigenvalue weighted by atomic mass is 19.3. The van der Waals surface area contributed by atoms with E-state index < -0.39 is 5.92 Å². The number of hydrogen-bond acceptors (Lipinski definition) is 5. The highest BCUT2D eigenvalue weighted by Gasteiger charge is 2.37. The number of nitriles is 1. The van der Waals surface area contributed by atoms with Gasteiger partial charge in [0.05, 0.1) is 17.1 Å². The number of fused-ring (bicyclic) bond motifs is 1. The van der Waals surface area contributed by atoms with Crippen LogP contribution in [0.3, 0.4) is 0 Å². The molecular weight excluding hydrogens is 348 g/mol. The average molecular weight is 371 g/mol. The predicted molar refractivity (Wildman–Crippen MR) is 99.7 cm³/mol. The molecule has 1 aliphatic heterocycles. The van der Waals surface area contributed by atoms with E-state index in [0.29, 0.717) is 30.7 Å². The second kappa shape index (κ2) is 7.35. The van der Waals surface area contributed by atoms with Gasteiger partial charge in [0.1, 0.15) is 12.1 Å². The molecule has 1 saturated heterocycles. The molecule has 7 heteroatoms. The summed E-state index contributed by atoms with van der Waals surface area (Å²) in [7, 11) is 0. The van der Waals surface area contributed by atoms with Crippen molar-refractivity contribution in [2.45, 2.75) is 56.5 Å². The summed E-state index contributed by atoms with van der Waals surface area (Å²) in [6.07, 6.45) is 5.50. The quantitative estimate of drug-likeness (QED) is 0.885. The molecule has 0 amide bonds.